The molecule has 1 atom stereocenters. The van der Waals surface area contributed by atoms with Crippen molar-refractivity contribution < 1.29 is 4.74 Å². The second kappa shape index (κ2) is 8.95. The molecule has 1 unspecified atom stereocenters. The van der Waals surface area contributed by atoms with Gasteiger partial charge in [0.2, 0.25) is 0 Å². The smallest absolute Gasteiger partial charge is 0.193 e. The van der Waals surface area contributed by atoms with Gasteiger partial charge in [0.05, 0.1) is 25.8 Å². The average molecular weight is 399 g/mol. The number of guanidine groups is 1. The summed E-state index contributed by atoms with van der Waals surface area (Å²) in [7, 11) is 0. The van der Waals surface area contributed by atoms with Crippen LogP contribution in [0.15, 0.2) is 47.5 Å². The van der Waals surface area contributed by atoms with Crippen LogP contribution in [-0.4, -0.2) is 43.7 Å². The number of nitrogens with one attached hydrogen (secondary N) is 1. The van der Waals surface area contributed by atoms with Crippen LogP contribution in [0.4, 0.5) is 5.69 Å². The molecule has 0 aromatic heterocycles. The fourth-order valence-electron chi connectivity index (χ4n) is 4.07. The first-order valence-corrected chi connectivity index (χ1v) is 10.3. The number of anilines is 1. The van der Waals surface area contributed by atoms with Crippen LogP contribution in [0.2, 0.25) is 5.02 Å². The van der Waals surface area contributed by atoms with Crippen molar-refractivity contribution in [3.63, 3.8) is 0 Å². The number of aryl methyl sites for hydroxylation is 2. The van der Waals surface area contributed by atoms with Crippen molar-refractivity contribution in [1.82, 2.24) is 4.90 Å². The van der Waals surface area contributed by atoms with Crippen molar-refractivity contribution in [2.24, 2.45) is 10.7 Å². The molecule has 5 nitrogen and oxygen atoms in total. The Bertz CT molecular complexity index is 848. The molecule has 4 rings (SSSR count). The molecular formula is C22H27ClN4O. The summed E-state index contributed by atoms with van der Waals surface area (Å²) in [5, 5.41) is 4.01. The van der Waals surface area contributed by atoms with Gasteiger partial charge in [-0.2, -0.15) is 0 Å². The Hall–Kier alpha value is -2.08. The number of nitrogens with two attached hydrogens (primary N) is 1. The summed E-state index contributed by atoms with van der Waals surface area (Å²) in [4.78, 5) is 7.02. The zero-order valence-corrected chi connectivity index (χ0v) is 16.8. The molecule has 3 N–H and O–H groups in total. The number of morpholine rings is 1. The van der Waals surface area contributed by atoms with Crippen LogP contribution >= 0.6 is 11.6 Å². The lowest BCUT2D eigenvalue weighted by atomic mass is 10.0. The van der Waals surface area contributed by atoms with E-state index in [0.717, 1.165) is 49.0 Å². The molecule has 0 amide bonds. The third-order valence-corrected chi connectivity index (χ3v) is 5.90. The summed E-state index contributed by atoms with van der Waals surface area (Å²) < 4.78 is 5.51. The molecule has 0 spiro atoms. The first-order chi connectivity index (χ1) is 13.7. The van der Waals surface area contributed by atoms with E-state index in [0.29, 0.717) is 12.5 Å². The average Bonchev–Trinajstić information content (AvgIpc) is 3.18. The van der Waals surface area contributed by atoms with Gasteiger partial charge in [-0.15, -0.1) is 0 Å². The molecule has 1 saturated heterocycles. The molecule has 2 aromatic carbocycles. The second-order valence-corrected chi connectivity index (χ2v) is 7.78. The van der Waals surface area contributed by atoms with Gasteiger partial charge < -0.3 is 15.8 Å². The van der Waals surface area contributed by atoms with Crippen LogP contribution in [0.1, 0.15) is 29.2 Å². The lowest BCUT2D eigenvalue weighted by molar-refractivity contribution is 0.0180. The molecule has 0 saturated carbocycles. The van der Waals surface area contributed by atoms with Crippen molar-refractivity contribution in [1.29, 1.82) is 0 Å². The molecule has 0 bridgehead atoms. The van der Waals surface area contributed by atoms with E-state index in [4.69, 9.17) is 22.1 Å². The van der Waals surface area contributed by atoms with Crippen molar-refractivity contribution in [2.45, 2.75) is 25.3 Å². The minimum atomic E-state index is 0.0815. The fourth-order valence-corrected chi connectivity index (χ4v) is 4.33. The number of halogens is 1. The van der Waals surface area contributed by atoms with E-state index in [1.54, 1.807) is 0 Å². The Morgan fingerprint density at radius 2 is 1.93 bits per heavy atom. The van der Waals surface area contributed by atoms with Gasteiger partial charge in [-0.25, -0.2) is 0 Å². The molecule has 1 fully saturated rings. The monoisotopic (exact) mass is 398 g/mol. The zero-order chi connectivity index (χ0) is 19.3. The van der Waals surface area contributed by atoms with Gasteiger partial charge in [0.1, 0.15) is 0 Å². The Morgan fingerprint density at radius 1 is 1.14 bits per heavy atom. The maximum absolute atomic E-state index is 6.48. The van der Waals surface area contributed by atoms with Crippen LogP contribution in [-0.2, 0) is 17.6 Å². The minimum absolute atomic E-state index is 0.0815. The van der Waals surface area contributed by atoms with Crippen molar-refractivity contribution in [3.8, 4) is 0 Å². The topological polar surface area (TPSA) is 62.9 Å². The number of fused-ring (bicyclic) bond motifs is 1. The number of ether oxygens (including phenoxy) is 1. The highest BCUT2D eigenvalue weighted by Gasteiger charge is 2.24. The number of benzene rings is 2. The summed E-state index contributed by atoms with van der Waals surface area (Å²) in [5.74, 6) is 0.434. The maximum Gasteiger partial charge on any atom is 0.193 e. The van der Waals surface area contributed by atoms with Crippen molar-refractivity contribution in [3.05, 3.63) is 64.2 Å². The summed E-state index contributed by atoms with van der Waals surface area (Å²) in [5.41, 5.74) is 11.2. The third kappa shape index (κ3) is 4.49. The quantitative estimate of drug-likeness (QED) is 0.596. The number of nitrogens with zero attached hydrogens (tertiary/aromatic N) is 2. The van der Waals surface area contributed by atoms with E-state index in [1.165, 1.54) is 24.0 Å². The number of rotatable bonds is 5. The van der Waals surface area contributed by atoms with E-state index < -0.39 is 0 Å². The lowest BCUT2D eigenvalue weighted by Crippen LogP contribution is -2.40. The first-order valence-electron chi connectivity index (χ1n) is 9.95. The van der Waals surface area contributed by atoms with Crippen LogP contribution < -0.4 is 11.1 Å². The Kier molecular flexibility index (Phi) is 6.15. The number of hydrogen-bond donors (Lipinski definition) is 2. The molecule has 1 aliphatic heterocycles. The van der Waals surface area contributed by atoms with Crippen LogP contribution in [0.25, 0.3) is 0 Å². The zero-order valence-electron chi connectivity index (χ0n) is 16.0. The predicted molar refractivity (Wildman–Crippen MR) is 115 cm³/mol. The van der Waals surface area contributed by atoms with Gasteiger partial charge in [0.15, 0.2) is 5.96 Å². The maximum atomic E-state index is 6.48. The molecule has 28 heavy (non-hydrogen) atoms. The summed E-state index contributed by atoms with van der Waals surface area (Å²) in [6.07, 6.45) is 3.56. The van der Waals surface area contributed by atoms with Crippen molar-refractivity contribution in [2.75, 3.05) is 38.2 Å². The normalized spacial score (nSPS) is 18.7. The van der Waals surface area contributed by atoms with E-state index in [1.807, 2.05) is 18.2 Å². The van der Waals surface area contributed by atoms with Gasteiger partial charge in [-0.3, -0.25) is 9.89 Å². The summed E-state index contributed by atoms with van der Waals surface area (Å²) in [6, 6.07) is 14.5. The van der Waals surface area contributed by atoms with Crippen LogP contribution in [0.3, 0.4) is 0 Å². The first kappa shape index (κ1) is 19.2. The Balaban J connectivity index is 1.48. The highest BCUT2D eigenvalue weighted by Crippen LogP contribution is 2.29. The molecule has 148 valence electrons. The fraction of sp³-hybridized carbons (Fsp3) is 0.409. The van der Waals surface area contributed by atoms with E-state index in [2.05, 4.69) is 39.5 Å². The minimum Gasteiger partial charge on any atom is -0.379 e. The molecule has 1 aliphatic carbocycles. The van der Waals surface area contributed by atoms with E-state index >= 15 is 0 Å². The molecule has 0 radical (unpaired) electrons. The molecule has 1 heterocycles. The largest absolute Gasteiger partial charge is 0.379 e. The van der Waals surface area contributed by atoms with Gasteiger partial charge >= 0.3 is 0 Å². The van der Waals surface area contributed by atoms with E-state index in [9.17, 15) is 0 Å². The van der Waals surface area contributed by atoms with Gasteiger partial charge in [-0.1, -0.05) is 35.9 Å². The summed E-state index contributed by atoms with van der Waals surface area (Å²) >= 11 is 6.48. The van der Waals surface area contributed by atoms with Gasteiger partial charge in [0, 0.05) is 23.8 Å². The number of aliphatic imine (C=N–C) groups is 1. The predicted octanol–water partition coefficient (Wildman–Crippen LogP) is 3.63. The molecule has 2 aliphatic rings. The highest BCUT2D eigenvalue weighted by atomic mass is 35.5. The van der Waals surface area contributed by atoms with Crippen LogP contribution in [0.5, 0.6) is 0 Å². The van der Waals surface area contributed by atoms with Gasteiger partial charge in [0.25, 0.3) is 0 Å². The lowest BCUT2D eigenvalue weighted by Gasteiger charge is -2.34. The highest BCUT2D eigenvalue weighted by molar-refractivity contribution is 6.31. The van der Waals surface area contributed by atoms with Crippen LogP contribution in [0, 0.1) is 0 Å². The third-order valence-electron chi connectivity index (χ3n) is 5.56. The second-order valence-electron chi connectivity index (χ2n) is 7.37. The summed E-state index contributed by atoms with van der Waals surface area (Å²) in [6.45, 7) is 3.74. The molecule has 2 aromatic rings. The Morgan fingerprint density at radius 3 is 2.75 bits per heavy atom. The standard InChI is InChI=1S/C22H27ClN4O/c23-20-7-2-1-6-19(20)21(27-10-12-28-13-11-27)15-25-22(24)26-18-9-8-16-4-3-5-17(16)14-18/h1-2,6-9,14,21H,3-5,10-13,15H2,(H3,24,25,26). The van der Waals surface area contributed by atoms with Gasteiger partial charge in [-0.05, 0) is 54.2 Å². The van der Waals surface area contributed by atoms with Crippen molar-refractivity contribution >= 4 is 23.2 Å². The Labute approximate surface area is 171 Å². The molecular weight excluding hydrogens is 372 g/mol. The van der Waals surface area contributed by atoms with E-state index in [-0.39, 0.29) is 6.04 Å². The SMILES string of the molecule is NC(=NCC(c1ccccc1Cl)N1CCOCC1)Nc1ccc2c(c1)CCC2. The number of hydrogen-bond acceptors (Lipinski definition) is 3. The molecule has 6 heteroatoms.